The Balaban J connectivity index is 1.67. The Morgan fingerprint density at radius 3 is 2.96 bits per heavy atom. The second-order valence-electron chi connectivity index (χ2n) is 5.45. The molecule has 0 bridgehead atoms. The number of carbonyl (C=O) groups is 1. The van der Waals surface area contributed by atoms with Crippen molar-refractivity contribution in [1.82, 2.24) is 4.98 Å². The highest BCUT2D eigenvalue weighted by Gasteiger charge is 2.16. The number of carbonyl (C=O) groups excluding carboxylic acids is 1. The molecule has 0 unspecified atom stereocenters. The number of aromatic nitrogens is 1. The van der Waals surface area contributed by atoms with E-state index in [0.717, 1.165) is 17.7 Å². The molecule has 5 heteroatoms. The Labute approximate surface area is 131 Å². The third-order valence-electron chi connectivity index (χ3n) is 3.98. The first-order valence-electron chi connectivity index (χ1n) is 7.40. The van der Waals surface area contributed by atoms with Gasteiger partial charge in [-0.25, -0.2) is 0 Å². The summed E-state index contributed by atoms with van der Waals surface area (Å²) in [7, 11) is 0. The average molecular weight is 306 g/mol. The summed E-state index contributed by atoms with van der Waals surface area (Å²) in [6.07, 6.45) is 2.28. The maximum atomic E-state index is 12.4. The van der Waals surface area contributed by atoms with Gasteiger partial charge in [0.05, 0.1) is 6.61 Å². The average Bonchev–Trinajstić information content (AvgIpc) is 3.03. The van der Waals surface area contributed by atoms with E-state index in [-0.39, 0.29) is 11.0 Å². The molecule has 0 aliphatic carbocycles. The van der Waals surface area contributed by atoms with Gasteiger partial charge < -0.3 is 15.0 Å². The third-order valence-corrected chi connectivity index (χ3v) is 3.98. The van der Waals surface area contributed by atoms with Gasteiger partial charge in [-0.3, -0.25) is 9.59 Å². The zero-order valence-corrected chi connectivity index (χ0v) is 12.3. The molecular formula is C18H14N2O3. The van der Waals surface area contributed by atoms with Crippen LogP contribution in [0.5, 0.6) is 5.75 Å². The topological polar surface area (TPSA) is 71.2 Å². The van der Waals surface area contributed by atoms with Crippen molar-refractivity contribution in [3.63, 3.8) is 0 Å². The fraction of sp³-hybridized carbons (Fsp3) is 0.111. The summed E-state index contributed by atoms with van der Waals surface area (Å²) in [4.78, 5) is 27.9. The Bertz CT molecular complexity index is 975. The van der Waals surface area contributed by atoms with Gasteiger partial charge in [0.2, 0.25) is 5.43 Å². The maximum Gasteiger partial charge on any atom is 0.261 e. The molecule has 1 aromatic heterocycles. The first-order valence-corrected chi connectivity index (χ1v) is 7.40. The Hall–Kier alpha value is -3.08. The molecule has 1 amide bonds. The summed E-state index contributed by atoms with van der Waals surface area (Å²) in [5.41, 5.74) is 2.26. The van der Waals surface area contributed by atoms with Crippen LogP contribution in [0.15, 0.2) is 53.5 Å². The Morgan fingerprint density at radius 1 is 1.17 bits per heavy atom. The van der Waals surface area contributed by atoms with Crippen molar-refractivity contribution in [1.29, 1.82) is 0 Å². The number of ether oxygens (including phenoxy) is 1. The van der Waals surface area contributed by atoms with E-state index >= 15 is 0 Å². The lowest BCUT2D eigenvalue weighted by molar-refractivity contribution is 0.102. The molecule has 1 aliphatic rings. The quantitative estimate of drug-likeness (QED) is 0.764. The van der Waals surface area contributed by atoms with Crippen molar-refractivity contribution >= 4 is 22.5 Å². The molecule has 1 aliphatic heterocycles. The molecule has 2 aromatic carbocycles. The first-order chi connectivity index (χ1) is 11.2. The summed E-state index contributed by atoms with van der Waals surface area (Å²) in [6, 6.07) is 12.6. The molecule has 0 saturated carbocycles. The molecule has 0 spiro atoms. The van der Waals surface area contributed by atoms with Crippen LogP contribution in [0.3, 0.4) is 0 Å². The number of amides is 1. The number of aromatic amines is 1. The van der Waals surface area contributed by atoms with E-state index in [2.05, 4.69) is 10.3 Å². The number of para-hydroxylation sites is 1. The smallest absolute Gasteiger partial charge is 0.261 e. The summed E-state index contributed by atoms with van der Waals surface area (Å²) >= 11 is 0. The van der Waals surface area contributed by atoms with Crippen molar-refractivity contribution < 1.29 is 9.53 Å². The summed E-state index contributed by atoms with van der Waals surface area (Å²) in [6.45, 7) is 0.664. The number of H-pyrrole nitrogens is 1. The van der Waals surface area contributed by atoms with Crippen molar-refractivity contribution in [2.75, 3.05) is 11.9 Å². The molecular weight excluding hydrogens is 292 g/mol. The normalized spacial score (nSPS) is 12.7. The Morgan fingerprint density at radius 2 is 2.04 bits per heavy atom. The van der Waals surface area contributed by atoms with Gasteiger partial charge in [-0.2, -0.15) is 0 Å². The molecule has 3 aromatic rings. The van der Waals surface area contributed by atoms with E-state index in [0.29, 0.717) is 23.2 Å². The summed E-state index contributed by atoms with van der Waals surface area (Å²) < 4.78 is 5.44. The van der Waals surface area contributed by atoms with Crippen LogP contribution < -0.4 is 15.5 Å². The lowest BCUT2D eigenvalue weighted by Crippen LogP contribution is -2.21. The monoisotopic (exact) mass is 306 g/mol. The van der Waals surface area contributed by atoms with Crippen LogP contribution >= 0.6 is 0 Å². The van der Waals surface area contributed by atoms with Gasteiger partial charge >= 0.3 is 0 Å². The number of anilines is 1. The first kappa shape index (κ1) is 13.6. The predicted molar refractivity (Wildman–Crippen MR) is 88.2 cm³/mol. The number of rotatable bonds is 2. The molecule has 0 radical (unpaired) electrons. The van der Waals surface area contributed by atoms with E-state index < -0.39 is 5.91 Å². The molecule has 23 heavy (non-hydrogen) atoms. The number of fused-ring (bicyclic) bond motifs is 2. The molecule has 2 heterocycles. The van der Waals surface area contributed by atoms with Gasteiger partial charge in [0.1, 0.15) is 11.3 Å². The van der Waals surface area contributed by atoms with Crippen LogP contribution in [0.4, 0.5) is 5.69 Å². The van der Waals surface area contributed by atoms with E-state index in [1.165, 1.54) is 6.20 Å². The maximum absolute atomic E-state index is 12.4. The predicted octanol–water partition coefficient (Wildman–Crippen LogP) is 2.72. The number of nitrogens with one attached hydrogen (secondary N) is 2. The summed E-state index contributed by atoms with van der Waals surface area (Å²) in [5, 5.41) is 3.28. The number of hydrogen-bond donors (Lipinski definition) is 2. The lowest BCUT2D eigenvalue weighted by atomic mass is 10.1. The van der Waals surface area contributed by atoms with Crippen LogP contribution in [0, 0.1) is 0 Å². The van der Waals surface area contributed by atoms with Gasteiger partial charge in [0, 0.05) is 29.2 Å². The van der Waals surface area contributed by atoms with E-state index in [4.69, 9.17) is 4.74 Å². The minimum absolute atomic E-state index is 0.0976. The largest absolute Gasteiger partial charge is 0.493 e. The van der Waals surface area contributed by atoms with Crippen LogP contribution in [0.25, 0.3) is 10.9 Å². The van der Waals surface area contributed by atoms with Crippen LogP contribution in [-0.4, -0.2) is 17.5 Å². The SMILES string of the molecule is O=C(Nc1ccc2c(c1)CCO2)c1c[nH]c2ccccc2c1=O. The minimum Gasteiger partial charge on any atom is -0.493 e. The van der Waals surface area contributed by atoms with E-state index in [1.807, 2.05) is 18.2 Å². The zero-order valence-electron chi connectivity index (χ0n) is 12.3. The molecule has 114 valence electrons. The van der Waals surface area contributed by atoms with Crippen molar-refractivity contribution in [2.24, 2.45) is 0 Å². The third kappa shape index (κ3) is 2.36. The highest BCUT2D eigenvalue weighted by molar-refractivity contribution is 6.05. The van der Waals surface area contributed by atoms with Crippen molar-refractivity contribution in [2.45, 2.75) is 6.42 Å². The van der Waals surface area contributed by atoms with Gasteiger partial charge in [-0.1, -0.05) is 12.1 Å². The van der Waals surface area contributed by atoms with E-state index in [9.17, 15) is 9.59 Å². The second-order valence-corrected chi connectivity index (χ2v) is 5.45. The van der Waals surface area contributed by atoms with Gasteiger partial charge in [0.15, 0.2) is 0 Å². The highest BCUT2D eigenvalue weighted by atomic mass is 16.5. The van der Waals surface area contributed by atoms with Gasteiger partial charge in [-0.05, 0) is 35.9 Å². The number of hydrogen-bond acceptors (Lipinski definition) is 3. The molecule has 2 N–H and O–H groups in total. The van der Waals surface area contributed by atoms with Gasteiger partial charge in [-0.15, -0.1) is 0 Å². The summed E-state index contributed by atoms with van der Waals surface area (Å²) in [5.74, 6) is 0.433. The minimum atomic E-state index is -0.420. The van der Waals surface area contributed by atoms with E-state index in [1.54, 1.807) is 24.3 Å². The van der Waals surface area contributed by atoms with Crippen LogP contribution in [-0.2, 0) is 6.42 Å². The lowest BCUT2D eigenvalue weighted by Gasteiger charge is -2.07. The zero-order chi connectivity index (χ0) is 15.8. The number of pyridine rings is 1. The van der Waals surface area contributed by atoms with Gasteiger partial charge in [0.25, 0.3) is 5.91 Å². The second kappa shape index (κ2) is 5.28. The van der Waals surface area contributed by atoms with Crippen molar-refractivity contribution in [3.05, 3.63) is 70.0 Å². The molecule has 5 nitrogen and oxygen atoms in total. The van der Waals surface area contributed by atoms with Crippen LogP contribution in [0.1, 0.15) is 15.9 Å². The molecule has 0 atom stereocenters. The molecule has 0 fully saturated rings. The fourth-order valence-electron chi connectivity index (χ4n) is 2.80. The molecule has 0 saturated heterocycles. The molecule has 4 rings (SSSR count). The number of benzene rings is 2. The van der Waals surface area contributed by atoms with Crippen LogP contribution in [0.2, 0.25) is 0 Å². The van der Waals surface area contributed by atoms with Crippen molar-refractivity contribution in [3.8, 4) is 5.75 Å². The highest BCUT2D eigenvalue weighted by Crippen LogP contribution is 2.27. The fourth-order valence-corrected chi connectivity index (χ4v) is 2.80. The standard InChI is InChI=1S/C18H14N2O3/c21-17-13-3-1-2-4-15(13)19-10-14(17)18(22)20-12-5-6-16-11(9-12)7-8-23-16/h1-6,9-10H,7-8H2,(H,19,21)(H,20,22). The Kier molecular flexibility index (Phi) is 3.12.